The third-order valence-electron chi connectivity index (χ3n) is 2.87. The summed E-state index contributed by atoms with van der Waals surface area (Å²) in [5.74, 6) is 0.586. The summed E-state index contributed by atoms with van der Waals surface area (Å²) >= 11 is 0. The molecule has 0 aromatic heterocycles. The average molecular weight is 261 g/mol. The van der Waals surface area contributed by atoms with Gasteiger partial charge in [-0.1, -0.05) is 25.1 Å². The van der Waals surface area contributed by atoms with E-state index in [4.69, 9.17) is 4.74 Å². The van der Waals surface area contributed by atoms with Crippen LogP contribution in [0, 0.1) is 0 Å². The van der Waals surface area contributed by atoms with E-state index in [1.54, 1.807) is 0 Å². The predicted octanol–water partition coefficient (Wildman–Crippen LogP) is 1.53. The van der Waals surface area contributed by atoms with Crippen LogP contribution in [0.5, 0.6) is 0 Å². The van der Waals surface area contributed by atoms with Gasteiger partial charge in [-0.3, -0.25) is 10.1 Å². The van der Waals surface area contributed by atoms with Gasteiger partial charge < -0.3 is 9.64 Å². The minimum absolute atomic E-state index is 0.0267. The van der Waals surface area contributed by atoms with E-state index in [9.17, 15) is 4.79 Å². The first kappa shape index (κ1) is 13.5. The number of carbonyl (C=O) groups is 1. The Morgan fingerprint density at radius 2 is 2.00 bits per heavy atom. The molecule has 0 spiro atoms. The summed E-state index contributed by atoms with van der Waals surface area (Å²) < 4.78 is 5.32. The molecule has 102 valence electrons. The van der Waals surface area contributed by atoms with Crippen LogP contribution in [0.2, 0.25) is 0 Å². The first-order valence-corrected chi connectivity index (χ1v) is 6.56. The van der Waals surface area contributed by atoms with Gasteiger partial charge in [-0.25, -0.2) is 4.99 Å². The third-order valence-corrected chi connectivity index (χ3v) is 2.87. The highest BCUT2D eigenvalue weighted by Gasteiger charge is 2.16. The van der Waals surface area contributed by atoms with Crippen LogP contribution in [0.25, 0.3) is 0 Å². The molecule has 5 nitrogen and oxygen atoms in total. The number of morpholine rings is 1. The van der Waals surface area contributed by atoms with E-state index in [1.165, 1.54) is 0 Å². The fourth-order valence-electron chi connectivity index (χ4n) is 1.79. The Morgan fingerprint density at radius 1 is 1.32 bits per heavy atom. The molecule has 0 bridgehead atoms. The molecule has 1 saturated heterocycles. The van der Waals surface area contributed by atoms with Gasteiger partial charge >= 0.3 is 0 Å². The normalized spacial score (nSPS) is 16.3. The number of guanidine groups is 1. The lowest BCUT2D eigenvalue weighted by Gasteiger charge is -2.29. The quantitative estimate of drug-likeness (QED) is 0.649. The fraction of sp³-hybridized carbons (Fsp3) is 0.429. The summed E-state index contributed by atoms with van der Waals surface area (Å²) in [5.41, 5.74) is 0.834. The largest absolute Gasteiger partial charge is 0.378 e. The highest BCUT2D eigenvalue weighted by Crippen LogP contribution is 2.11. The number of nitrogens with one attached hydrogen (secondary N) is 1. The smallest absolute Gasteiger partial charge is 0.226 e. The second kappa shape index (κ2) is 6.89. The number of hydrogen-bond donors (Lipinski definition) is 1. The van der Waals surface area contributed by atoms with E-state index in [2.05, 4.69) is 10.3 Å². The zero-order chi connectivity index (χ0) is 13.5. The Balaban J connectivity index is 2.17. The monoisotopic (exact) mass is 261 g/mol. The molecular weight excluding hydrogens is 242 g/mol. The van der Waals surface area contributed by atoms with Crippen molar-refractivity contribution in [3.05, 3.63) is 30.3 Å². The molecule has 1 heterocycles. The van der Waals surface area contributed by atoms with Gasteiger partial charge in [0.05, 0.1) is 18.9 Å². The minimum atomic E-state index is -0.0267. The lowest BCUT2D eigenvalue weighted by Crippen LogP contribution is -2.48. The van der Waals surface area contributed by atoms with E-state index in [1.807, 2.05) is 42.2 Å². The molecule has 0 aliphatic carbocycles. The van der Waals surface area contributed by atoms with Crippen molar-refractivity contribution in [2.75, 3.05) is 26.3 Å². The topological polar surface area (TPSA) is 53.9 Å². The molecule has 1 N–H and O–H groups in total. The van der Waals surface area contributed by atoms with E-state index in [0.717, 1.165) is 18.8 Å². The van der Waals surface area contributed by atoms with Gasteiger partial charge in [0.25, 0.3) is 0 Å². The van der Waals surface area contributed by atoms with Crippen molar-refractivity contribution in [1.29, 1.82) is 0 Å². The summed E-state index contributed by atoms with van der Waals surface area (Å²) in [6.45, 7) is 4.64. The van der Waals surface area contributed by atoms with Gasteiger partial charge in [-0.05, 0) is 12.1 Å². The summed E-state index contributed by atoms with van der Waals surface area (Å²) in [5, 5.41) is 2.87. The molecule has 0 radical (unpaired) electrons. The maximum atomic E-state index is 11.6. The highest BCUT2D eigenvalue weighted by molar-refractivity contribution is 5.98. The van der Waals surface area contributed by atoms with Gasteiger partial charge in [0.15, 0.2) is 0 Å². The number of rotatable bonds is 2. The number of para-hydroxylation sites is 1. The number of carbonyl (C=O) groups excluding carboxylic acids is 1. The maximum Gasteiger partial charge on any atom is 0.226 e. The van der Waals surface area contributed by atoms with Gasteiger partial charge in [0.2, 0.25) is 11.9 Å². The molecule has 19 heavy (non-hydrogen) atoms. The van der Waals surface area contributed by atoms with Gasteiger partial charge in [0, 0.05) is 19.5 Å². The van der Waals surface area contributed by atoms with E-state index >= 15 is 0 Å². The van der Waals surface area contributed by atoms with Crippen molar-refractivity contribution >= 4 is 17.6 Å². The number of ether oxygens (including phenoxy) is 1. The second-order valence-corrected chi connectivity index (χ2v) is 4.27. The van der Waals surface area contributed by atoms with E-state index in [-0.39, 0.29) is 5.91 Å². The zero-order valence-corrected chi connectivity index (χ0v) is 11.1. The molecule has 1 aliphatic rings. The van der Waals surface area contributed by atoms with Crippen molar-refractivity contribution in [2.24, 2.45) is 4.99 Å². The maximum absolute atomic E-state index is 11.6. The molecule has 0 atom stereocenters. The molecule has 1 aromatic rings. The van der Waals surface area contributed by atoms with Crippen molar-refractivity contribution in [2.45, 2.75) is 13.3 Å². The first-order chi connectivity index (χ1) is 9.29. The Hall–Kier alpha value is -1.88. The first-order valence-electron chi connectivity index (χ1n) is 6.56. The number of aliphatic imine (C=N–C) groups is 1. The Labute approximate surface area is 113 Å². The van der Waals surface area contributed by atoms with Crippen LogP contribution in [-0.4, -0.2) is 43.1 Å². The molecule has 0 unspecified atom stereocenters. The molecule has 1 fully saturated rings. The highest BCUT2D eigenvalue weighted by atomic mass is 16.5. The fourth-order valence-corrected chi connectivity index (χ4v) is 1.79. The Kier molecular flexibility index (Phi) is 4.92. The predicted molar refractivity (Wildman–Crippen MR) is 74.4 cm³/mol. The summed E-state index contributed by atoms with van der Waals surface area (Å²) in [4.78, 5) is 18.2. The van der Waals surface area contributed by atoms with Crippen LogP contribution in [0.1, 0.15) is 13.3 Å². The van der Waals surface area contributed by atoms with Gasteiger partial charge in [-0.2, -0.15) is 0 Å². The van der Waals surface area contributed by atoms with E-state index < -0.39 is 0 Å². The van der Waals surface area contributed by atoms with Gasteiger partial charge in [0.1, 0.15) is 0 Å². The third kappa shape index (κ3) is 4.06. The lowest BCUT2D eigenvalue weighted by molar-refractivity contribution is -0.119. The minimum Gasteiger partial charge on any atom is -0.378 e. The molecule has 1 aromatic carbocycles. The van der Waals surface area contributed by atoms with Crippen molar-refractivity contribution < 1.29 is 9.53 Å². The standard InChI is InChI=1S/C14H19N3O2/c1-2-13(18)16-14(17-8-10-19-11-9-17)15-12-6-4-3-5-7-12/h3-7H,2,8-11H2,1H3,(H,15,16,18). The van der Waals surface area contributed by atoms with Crippen LogP contribution in [0.4, 0.5) is 5.69 Å². The number of nitrogens with zero attached hydrogens (tertiary/aromatic N) is 2. The van der Waals surface area contributed by atoms with E-state index in [0.29, 0.717) is 25.6 Å². The SMILES string of the molecule is CCC(=O)NC(=Nc1ccccc1)N1CCOCC1. The Morgan fingerprint density at radius 3 is 2.63 bits per heavy atom. The Bertz CT molecular complexity index is 439. The molecule has 0 saturated carbocycles. The summed E-state index contributed by atoms with van der Waals surface area (Å²) in [6.07, 6.45) is 0.443. The lowest BCUT2D eigenvalue weighted by atomic mass is 10.3. The second-order valence-electron chi connectivity index (χ2n) is 4.27. The number of hydrogen-bond acceptors (Lipinski definition) is 3. The van der Waals surface area contributed by atoms with Crippen molar-refractivity contribution in [1.82, 2.24) is 10.2 Å². The van der Waals surface area contributed by atoms with Crippen molar-refractivity contribution in [3.8, 4) is 0 Å². The summed E-state index contributed by atoms with van der Waals surface area (Å²) in [6, 6.07) is 9.63. The van der Waals surface area contributed by atoms with Crippen LogP contribution in [0.3, 0.4) is 0 Å². The van der Waals surface area contributed by atoms with Crippen LogP contribution < -0.4 is 5.32 Å². The molecule has 1 amide bonds. The summed E-state index contributed by atoms with van der Waals surface area (Å²) in [7, 11) is 0. The van der Waals surface area contributed by atoms with Crippen LogP contribution in [0.15, 0.2) is 35.3 Å². The molecule has 2 rings (SSSR count). The van der Waals surface area contributed by atoms with Crippen molar-refractivity contribution in [3.63, 3.8) is 0 Å². The van der Waals surface area contributed by atoms with Crippen LogP contribution >= 0.6 is 0 Å². The average Bonchev–Trinajstić information content (AvgIpc) is 2.48. The zero-order valence-electron chi connectivity index (χ0n) is 11.1. The number of amides is 1. The van der Waals surface area contributed by atoms with Crippen LogP contribution in [-0.2, 0) is 9.53 Å². The molecule has 1 aliphatic heterocycles. The van der Waals surface area contributed by atoms with Gasteiger partial charge in [-0.15, -0.1) is 0 Å². The molecular formula is C14H19N3O2. The number of benzene rings is 1. The molecule has 5 heteroatoms.